The predicted molar refractivity (Wildman–Crippen MR) is 49.8 cm³/mol. The molecule has 1 radical (unpaired) electrons. The molecule has 0 aliphatic heterocycles. The predicted octanol–water partition coefficient (Wildman–Crippen LogP) is 3.73. The number of benzene rings is 1. The van der Waals surface area contributed by atoms with Gasteiger partial charge in [0, 0.05) is 5.41 Å². The van der Waals surface area contributed by atoms with Crippen molar-refractivity contribution < 1.29 is 13.2 Å². The summed E-state index contributed by atoms with van der Waals surface area (Å²) in [6, 6.07) is 8.65. The molecule has 1 rings (SSSR count). The zero-order chi connectivity index (χ0) is 10.8. The molecule has 1 aromatic rings. The van der Waals surface area contributed by atoms with Gasteiger partial charge in [-0.05, 0) is 5.56 Å². The van der Waals surface area contributed by atoms with Crippen LogP contribution in [0.25, 0.3) is 0 Å². The minimum Gasteiger partial charge on any atom is -0.171 e. The summed E-state index contributed by atoms with van der Waals surface area (Å²) in [6.07, 6.45) is -3.82. The van der Waals surface area contributed by atoms with Crippen LogP contribution in [0.15, 0.2) is 30.3 Å². The van der Waals surface area contributed by atoms with Gasteiger partial charge >= 0.3 is 6.18 Å². The second-order valence-electron chi connectivity index (χ2n) is 3.77. The summed E-state index contributed by atoms with van der Waals surface area (Å²) in [5.41, 5.74) is -0.309. The van der Waals surface area contributed by atoms with E-state index in [1.165, 1.54) is 0 Å². The van der Waals surface area contributed by atoms with Crippen molar-refractivity contribution in [3.63, 3.8) is 0 Å². The van der Waals surface area contributed by atoms with Gasteiger partial charge in [-0.3, -0.25) is 0 Å². The highest BCUT2D eigenvalue weighted by molar-refractivity contribution is 5.27. The van der Waals surface area contributed by atoms with E-state index < -0.39 is 11.6 Å². The van der Waals surface area contributed by atoms with Crippen molar-refractivity contribution >= 4 is 0 Å². The molecule has 0 aliphatic rings. The molecular weight excluding hydrogens is 189 g/mol. The van der Waals surface area contributed by atoms with E-state index >= 15 is 0 Å². The maximum absolute atomic E-state index is 12.2. The first kappa shape index (κ1) is 11.1. The van der Waals surface area contributed by atoms with E-state index in [0.717, 1.165) is 0 Å². The molecule has 0 saturated heterocycles. The third kappa shape index (κ3) is 3.05. The molecule has 0 atom stereocenters. The fourth-order valence-corrected chi connectivity index (χ4v) is 1.36. The van der Waals surface area contributed by atoms with Gasteiger partial charge < -0.3 is 0 Å². The van der Waals surface area contributed by atoms with Gasteiger partial charge in [0.05, 0.1) is 6.42 Å². The minimum atomic E-state index is -4.24. The highest BCUT2D eigenvalue weighted by Crippen LogP contribution is 2.34. The van der Waals surface area contributed by atoms with E-state index in [-0.39, 0.29) is 0 Å². The first-order valence-corrected chi connectivity index (χ1v) is 4.30. The van der Waals surface area contributed by atoms with Gasteiger partial charge in [0.15, 0.2) is 0 Å². The minimum absolute atomic E-state index is 0.412. The van der Waals surface area contributed by atoms with Crippen LogP contribution in [0.5, 0.6) is 0 Å². The number of hydrogen-bond acceptors (Lipinski definition) is 0. The van der Waals surface area contributed by atoms with Gasteiger partial charge in [0.25, 0.3) is 0 Å². The third-order valence-electron chi connectivity index (χ3n) is 2.04. The lowest BCUT2D eigenvalue weighted by atomic mass is 9.81. The van der Waals surface area contributed by atoms with Gasteiger partial charge in [-0.25, -0.2) is 0 Å². The fraction of sp³-hybridized carbons (Fsp3) is 0.364. The van der Waals surface area contributed by atoms with Gasteiger partial charge in [-0.15, -0.1) is 0 Å². The molecule has 14 heavy (non-hydrogen) atoms. The molecule has 0 saturated carbocycles. The van der Waals surface area contributed by atoms with Gasteiger partial charge in [-0.2, -0.15) is 13.2 Å². The van der Waals surface area contributed by atoms with Crippen LogP contribution in [-0.2, 0) is 5.41 Å². The molecule has 0 fully saturated rings. The first-order valence-electron chi connectivity index (χ1n) is 4.30. The van der Waals surface area contributed by atoms with Crippen LogP contribution in [0.3, 0.4) is 0 Å². The molecule has 0 aliphatic carbocycles. The van der Waals surface area contributed by atoms with Crippen molar-refractivity contribution in [2.24, 2.45) is 0 Å². The van der Waals surface area contributed by atoms with Crippen molar-refractivity contribution in [3.05, 3.63) is 42.3 Å². The highest BCUT2D eigenvalue weighted by atomic mass is 19.4. The lowest BCUT2D eigenvalue weighted by molar-refractivity contribution is -0.104. The van der Waals surface area contributed by atoms with Crippen LogP contribution >= 0.6 is 0 Å². The average Bonchev–Trinajstić information content (AvgIpc) is 2.01. The standard InChI is InChI=1S/C11H12F3/c1-10(2,8-11(12,13)14)9-6-4-3-5-7-9/h3-8H,1-2H3. The molecule has 0 bridgehead atoms. The molecule has 3 heteroatoms. The van der Waals surface area contributed by atoms with E-state index in [0.29, 0.717) is 12.0 Å². The summed E-state index contributed by atoms with van der Waals surface area (Å²) >= 11 is 0. The molecule has 77 valence electrons. The first-order chi connectivity index (χ1) is 6.31. The van der Waals surface area contributed by atoms with E-state index in [2.05, 4.69) is 0 Å². The summed E-state index contributed by atoms with van der Waals surface area (Å²) in [5.74, 6) is 0. The molecular formula is C11H12F3. The fourth-order valence-electron chi connectivity index (χ4n) is 1.36. The molecule has 0 nitrogen and oxygen atoms in total. The summed E-state index contributed by atoms with van der Waals surface area (Å²) in [7, 11) is 0. The van der Waals surface area contributed by atoms with Crippen molar-refractivity contribution in [1.82, 2.24) is 0 Å². The Bertz CT molecular complexity index is 285. The average molecular weight is 201 g/mol. The topological polar surface area (TPSA) is 0 Å². The Morgan fingerprint density at radius 2 is 1.50 bits per heavy atom. The summed E-state index contributed by atoms with van der Waals surface area (Å²) < 4.78 is 36.5. The summed E-state index contributed by atoms with van der Waals surface area (Å²) in [6.45, 7) is 3.10. The monoisotopic (exact) mass is 201 g/mol. The molecule has 0 aromatic heterocycles. The van der Waals surface area contributed by atoms with Crippen molar-refractivity contribution in [2.75, 3.05) is 0 Å². The second-order valence-corrected chi connectivity index (χ2v) is 3.77. The Hall–Kier alpha value is -0.990. The zero-order valence-corrected chi connectivity index (χ0v) is 8.10. The van der Waals surface area contributed by atoms with Crippen LogP contribution in [0.2, 0.25) is 0 Å². The molecule has 0 N–H and O–H groups in total. The number of rotatable bonds is 2. The Morgan fingerprint density at radius 3 is 1.93 bits per heavy atom. The SMILES string of the molecule is CC(C)([CH]C(F)(F)F)c1ccccc1. The quantitative estimate of drug-likeness (QED) is 0.683. The molecule has 0 unspecified atom stereocenters. The molecule has 0 spiro atoms. The third-order valence-corrected chi connectivity index (χ3v) is 2.04. The van der Waals surface area contributed by atoms with E-state index in [9.17, 15) is 13.2 Å². The van der Waals surface area contributed by atoms with Crippen LogP contribution in [-0.4, -0.2) is 6.18 Å². The highest BCUT2D eigenvalue weighted by Gasteiger charge is 2.37. The van der Waals surface area contributed by atoms with Crippen molar-refractivity contribution in [2.45, 2.75) is 25.4 Å². The van der Waals surface area contributed by atoms with Crippen LogP contribution < -0.4 is 0 Å². The maximum Gasteiger partial charge on any atom is 0.393 e. The molecule has 0 amide bonds. The van der Waals surface area contributed by atoms with Crippen LogP contribution in [0, 0.1) is 6.42 Å². The lowest BCUT2D eigenvalue weighted by Crippen LogP contribution is -2.27. The van der Waals surface area contributed by atoms with E-state index in [4.69, 9.17) is 0 Å². The van der Waals surface area contributed by atoms with E-state index in [1.54, 1.807) is 44.2 Å². The van der Waals surface area contributed by atoms with Crippen LogP contribution in [0.4, 0.5) is 13.2 Å². The number of halogens is 3. The van der Waals surface area contributed by atoms with Crippen molar-refractivity contribution in [3.8, 4) is 0 Å². The molecule has 0 heterocycles. The number of alkyl halides is 3. The summed E-state index contributed by atoms with van der Waals surface area (Å²) in [4.78, 5) is 0. The van der Waals surface area contributed by atoms with E-state index in [1.807, 2.05) is 0 Å². The smallest absolute Gasteiger partial charge is 0.171 e. The second kappa shape index (κ2) is 3.64. The maximum atomic E-state index is 12.2. The normalized spacial score (nSPS) is 12.9. The zero-order valence-electron chi connectivity index (χ0n) is 8.10. The Morgan fingerprint density at radius 1 is 1.00 bits per heavy atom. The number of hydrogen-bond donors (Lipinski definition) is 0. The Kier molecular flexibility index (Phi) is 2.88. The van der Waals surface area contributed by atoms with Gasteiger partial charge in [0.2, 0.25) is 0 Å². The van der Waals surface area contributed by atoms with Gasteiger partial charge in [0.1, 0.15) is 0 Å². The largest absolute Gasteiger partial charge is 0.393 e. The lowest BCUT2D eigenvalue weighted by Gasteiger charge is -2.25. The molecule has 1 aromatic carbocycles. The Balaban J connectivity index is 2.86. The van der Waals surface area contributed by atoms with Crippen LogP contribution in [0.1, 0.15) is 19.4 Å². The van der Waals surface area contributed by atoms with Crippen molar-refractivity contribution in [1.29, 1.82) is 0 Å². The summed E-state index contributed by atoms with van der Waals surface area (Å²) in [5, 5.41) is 0. The van der Waals surface area contributed by atoms with Gasteiger partial charge in [-0.1, -0.05) is 44.2 Å². The Labute approximate surface area is 81.8 Å².